The fourth-order valence-corrected chi connectivity index (χ4v) is 1.92. The van der Waals surface area contributed by atoms with Crippen molar-refractivity contribution in [3.63, 3.8) is 0 Å². The van der Waals surface area contributed by atoms with Crippen LogP contribution >= 0.6 is 31.9 Å². The van der Waals surface area contributed by atoms with Crippen molar-refractivity contribution in [1.29, 1.82) is 0 Å². The lowest BCUT2D eigenvalue weighted by Gasteiger charge is -2.14. The molecule has 0 aliphatic rings. The SMILES string of the molecule is CCC(CO)NCc1ccc(Br)c(Br)c1. The van der Waals surface area contributed by atoms with Gasteiger partial charge in [-0.15, -0.1) is 0 Å². The topological polar surface area (TPSA) is 32.3 Å². The second-order valence-corrected chi connectivity index (χ2v) is 5.13. The lowest BCUT2D eigenvalue weighted by atomic mass is 10.2. The number of nitrogens with one attached hydrogen (secondary N) is 1. The van der Waals surface area contributed by atoms with Crippen molar-refractivity contribution in [2.45, 2.75) is 25.9 Å². The summed E-state index contributed by atoms with van der Waals surface area (Å²) in [5, 5.41) is 12.3. The Morgan fingerprint density at radius 3 is 2.60 bits per heavy atom. The first-order chi connectivity index (χ1) is 7.17. The standard InChI is InChI=1S/C11H15Br2NO/c1-2-9(7-15)14-6-8-3-4-10(12)11(13)5-8/h3-5,9,14-15H,2,6-7H2,1H3. The Morgan fingerprint density at radius 1 is 1.33 bits per heavy atom. The molecule has 0 saturated heterocycles. The molecular weight excluding hydrogens is 322 g/mol. The molecule has 0 aliphatic heterocycles. The van der Waals surface area contributed by atoms with E-state index in [1.807, 2.05) is 6.07 Å². The second kappa shape index (κ2) is 6.63. The van der Waals surface area contributed by atoms with Crippen molar-refractivity contribution in [3.05, 3.63) is 32.7 Å². The van der Waals surface area contributed by atoms with E-state index in [9.17, 15) is 0 Å². The Hall–Kier alpha value is 0.1000. The van der Waals surface area contributed by atoms with E-state index in [1.54, 1.807) is 0 Å². The normalized spacial score (nSPS) is 12.8. The number of hydrogen-bond acceptors (Lipinski definition) is 2. The zero-order valence-electron chi connectivity index (χ0n) is 8.63. The summed E-state index contributed by atoms with van der Waals surface area (Å²) in [6.45, 7) is 3.03. The molecule has 1 unspecified atom stereocenters. The molecule has 1 atom stereocenters. The first-order valence-electron chi connectivity index (χ1n) is 4.95. The molecule has 0 aromatic heterocycles. The molecule has 0 heterocycles. The number of hydrogen-bond donors (Lipinski definition) is 2. The summed E-state index contributed by atoms with van der Waals surface area (Å²) in [4.78, 5) is 0. The minimum absolute atomic E-state index is 0.187. The Labute approximate surface area is 107 Å². The summed E-state index contributed by atoms with van der Waals surface area (Å²) in [5.74, 6) is 0. The number of aliphatic hydroxyl groups is 1. The molecule has 2 nitrogen and oxygen atoms in total. The second-order valence-electron chi connectivity index (χ2n) is 3.42. The van der Waals surface area contributed by atoms with Gasteiger partial charge < -0.3 is 10.4 Å². The molecule has 1 rings (SSSR count). The highest BCUT2D eigenvalue weighted by molar-refractivity contribution is 9.13. The van der Waals surface area contributed by atoms with Crippen LogP contribution < -0.4 is 5.32 Å². The van der Waals surface area contributed by atoms with Crippen molar-refractivity contribution >= 4 is 31.9 Å². The van der Waals surface area contributed by atoms with E-state index in [1.165, 1.54) is 5.56 Å². The molecule has 84 valence electrons. The zero-order chi connectivity index (χ0) is 11.3. The molecular formula is C11H15Br2NO. The maximum Gasteiger partial charge on any atom is 0.0584 e. The largest absolute Gasteiger partial charge is 0.395 e. The summed E-state index contributed by atoms with van der Waals surface area (Å²) in [7, 11) is 0. The van der Waals surface area contributed by atoms with Gasteiger partial charge in [-0.05, 0) is 56.0 Å². The highest BCUT2D eigenvalue weighted by atomic mass is 79.9. The van der Waals surface area contributed by atoms with Crippen LogP contribution in [0.2, 0.25) is 0 Å². The molecule has 15 heavy (non-hydrogen) atoms. The van der Waals surface area contributed by atoms with Crippen molar-refractivity contribution in [3.8, 4) is 0 Å². The van der Waals surface area contributed by atoms with Crippen molar-refractivity contribution in [2.24, 2.45) is 0 Å². The van der Waals surface area contributed by atoms with Crippen molar-refractivity contribution < 1.29 is 5.11 Å². The minimum atomic E-state index is 0.187. The molecule has 0 bridgehead atoms. The smallest absolute Gasteiger partial charge is 0.0584 e. The Kier molecular flexibility index (Phi) is 5.82. The van der Waals surface area contributed by atoms with Crippen LogP contribution in [0.25, 0.3) is 0 Å². The molecule has 0 aliphatic carbocycles. The first kappa shape index (κ1) is 13.2. The van der Waals surface area contributed by atoms with E-state index in [2.05, 4.69) is 56.2 Å². The maximum atomic E-state index is 9.02. The molecule has 2 N–H and O–H groups in total. The van der Waals surface area contributed by atoms with E-state index in [0.717, 1.165) is 21.9 Å². The molecule has 0 saturated carbocycles. The quantitative estimate of drug-likeness (QED) is 0.866. The predicted octanol–water partition coefficient (Wildman–Crippen LogP) is 3.07. The van der Waals surface area contributed by atoms with Gasteiger partial charge in [0.25, 0.3) is 0 Å². The van der Waals surface area contributed by atoms with Gasteiger partial charge in [0.15, 0.2) is 0 Å². The van der Waals surface area contributed by atoms with E-state index in [0.29, 0.717) is 0 Å². The van der Waals surface area contributed by atoms with E-state index in [4.69, 9.17) is 5.11 Å². The van der Waals surface area contributed by atoms with Crippen LogP contribution in [0.1, 0.15) is 18.9 Å². The van der Waals surface area contributed by atoms with E-state index < -0.39 is 0 Å². The number of benzene rings is 1. The van der Waals surface area contributed by atoms with Crippen LogP contribution in [0.4, 0.5) is 0 Å². The van der Waals surface area contributed by atoms with Gasteiger partial charge in [-0.1, -0.05) is 13.0 Å². The van der Waals surface area contributed by atoms with Crippen molar-refractivity contribution in [1.82, 2.24) is 5.32 Å². The third kappa shape index (κ3) is 4.23. The van der Waals surface area contributed by atoms with Crippen LogP contribution in [0, 0.1) is 0 Å². The monoisotopic (exact) mass is 335 g/mol. The number of aliphatic hydroxyl groups excluding tert-OH is 1. The van der Waals surface area contributed by atoms with E-state index in [-0.39, 0.29) is 12.6 Å². The van der Waals surface area contributed by atoms with Crippen LogP contribution in [0.5, 0.6) is 0 Å². The fourth-order valence-electron chi connectivity index (χ4n) is 1.25. The average molecular weight is 337 g/mol. The summed E-state index contributed by atoms with van der Waals surface area (Å²) in [5.41, 5.74) is 1.21. The fraction of sp³-hybridized carbons (Fsp3) is 0.455. The van der Waals surface area contributed by atoms with Gasteiger partial charge in [0, 0.05) is 21.5 Å². The number of halogens is 2. The molecule has 1 aromatic rings. The lowest BCUT2D eigenvalue weighted by Crippen LogP contribution is -2.31. The summed E-state index contributed by atoms with van der Waals surface area (Å²) < 4.78 is 2.11. The summed E-state index contributed by atoms with van der Waals surface area (Å²) >= 11 is 6.89. The zero-order valence-corrected chi connectivity index (χ0v) is 11.8. The van der Waals surface area contributed by atoms with Crippen LogP contribution in [-0.4, -0.2) is 17.8 Å². The Morgan fingerprint density at radius 2 is 2.07 bits per heavy atom. The number of rotatable bonds is 5. The average Bonchev–Trinajstić information content (AvgIpc) is 2.24. The third-order valence-electron chi connectivity index (χ3n) is 2.29. The van der Waals surface area contributed by atoms with Gasteiger partial charge in [0.1, 0.15) is 0 Å². The molecule has 0 amide bonds. The third-order valence-corrected chi connectivity index (χ3v) is 4.17. The summed E-state index contributed by atoms with van der Waals surface area (Å²) in [6.07, 6.45) is 0.939. The van der Waals surface area contributed by atoms with Gasteiger partial charge in [-0.2, -0.15) is 0 Å². The Balaban J connectivity index is 2.54. The molecule has 0 fully saturated rings. The maximum absolute atomic E-state index is 9.02. The highest BCUT2D eigenvalue weighted by Gasteiger charge is 2.04. The molecule has 0 radical (unpaired) electrons. The lowest BCUT2D eigenvalue weighted by molar-refractivity contribution is 0.238. The van der Waals surface area contributed by atoms with E-state index >= 15 is 0 Å². The van der Waals surface area contributed by atoms with Crippen LogP contribution in [0.15, 0.2) is 27.1 Å². The highest BCUT2D eigenvalue weighted by Crippen LogP contribution is 2.23. The van der Waals surface area contributed by atoms with Crippen LogP contribution in [-0.2, 0) is 6.54 Å². The minimum Gasteiger partial charge on any atom is -0.395 e. The van der Waals surface area contributed by atoms with Gasteiger partial charge >= 0.3 is 0 Å². The van der Waals surface area contributed by atoms with Gasteiger partial charge in [-0.25, -0.2) is 0 Å². The molecule has 4 heteroatoms. The Bertz CT molecular complexity index is 313. The van der Waals surface area contributed by atoms with Crippen LogP contribution in [0.3, 0.4) is 0 Å². The van der Waals surface area contributed by atoms with Gasteiger partial charge in [0.05, 0.1) is 6.61 Å². The van der Waals surface area contributed by atoms with Crippen molar-refractivity contribution in [2.75, 3.05) is 6.61 Å². The molecule has 0 spiro atoms. The predicted molar refractivity (Wildman–Crippen MR) is 69.8 cm³/mol. The van der Waals surface area contributed by atoms with Gasteiger partial charge in [0.2, 0.25) is 0 Å². The first-order valence-corrected chi connectivity index (χ1v) is 6.54. The summed E-state index contributed by atoms with van der Waals surface area (Å²) in [6, 6.07) is 6.33. The molecule has 1 aromatic carbocycles. The van der Waals surface area contributed by atoms with Gasteiger partial charge in [-0.3, -0.25) is 0 Å².